The number of nitrogens with zero attached hydrogens (tertiary/aromatic N) is 2. The number of halogens is 2. The largest absolute Gasteiger partial charge is 0.335 e. The molecule has 0 saturated carbocycles. The minimum atomic E-state index is -3.64. The minimum Gasteiger partial charge on any atom is -0.335 e. The molecule has 1 fully saturated rings. The Morgan fingerprint density at radius 1 is 1.08 bits per heavy atom. The number of rotatable bonds is 3. The number of hydrogen-bond donors (Lipinski definition) is 0. The molecule has 2 heterocycles. The van der Waals surface area contributed by atoms with Crippen LogP contribution in [0.5, 0.6) is 0 Å². The zero-order chi connectivity index (χ0) is 17.3. The van der Waals surface area contributed by atoms with E-state index in [-0.39, 0.29) is 28.9 Å². The molecule has 0 aliphatic carbocycles. The van der Waals surface area contributed by atoms with Gasteiger partial charge in [-0.25, -0.2) is 8.42 Å². The second-order valence-corrected chi connectivity index (χ2v) is 10.0. The second-order valence-electron chi connectivity index (χ2n) is 5.23. The van der Waals surface area contributed by atoms with Crippen LogP contribution in [0.2, 0.25) is 5.02 Å². The van der Waals surface area contributed by atoms with Crippen molar-refractivity contribution in [1.82, 2.24) is 9.21 Å². The summed E-state index contributed by atoms with van der Waals surface area (Å²) < 4.78 is 27.7. The van der Waals surface area contributed by atoms with Crippen molar-refractivity contribution in [3.63, 3.8) is 0 Å². The lowest BCUT2D eigenvalue weighted by Gasteiger charge is -2.33. The summed E-state index contributed by atoms with van der Waals surface area (Å²) in [6.07, 6.45) is 0. The molecule has 1 aliphatic heterocycles. The van der Waals surface area contributed by atoms with Gasteiger partial charge in [0.05, 0.1) is 13.7 Å². The average Bonchev–Trinajstić information content (AvgIpc) is 3.01. The zero-order valence-electron chi connectivity index (χ0n) is 12.5. The van der Waals surface area contributed by atoms with E-state index in [2.05, 4.69) is 15.9 Å². The maximum absolute atomic E-state index is 12.7. The number of benzene rings is 1. The molecule has 0 N–H and O–H groups in total. The molecule has 9 heteroatoms. The smallest absolute Gasteiger partial charge is 0.264 e. The molecule has 0 bridgehead atoms. The molecule has 0 radical (unpaired) electrons. The maximum atomic E-state index is 12.7. The minimum absolute atomic E-state index is 0.0690. The lowest BCUT2D eigenvalue weighted by atomic mass is 10.3. The van der Waals surface area contributed by atoms with Crippen molar-refractivity contribution >= 4 is 54.8 Å². The van der Waals surface area contributed by atoms with E-state index in [1.807, 2.05) is 6.07 Å². The van der Waals surface area contributed by atoms with Crippen molar-refractivity contribution in [2.45, 2.75) is 4.90 Å². The third kappa shape index (κ3) is 3.52. The number of hydrogen-bond acceptors (Lipinski definition) is 4. The molecule has 0 atom stereocenters. The molecule has 3 rings (SSSR count). The van der Waals surface area contributed by atoms with Gasteiger partial charge in [-0.3, -0.25) is 4.79 Å². The first-order valence-electron chi connectivity index (χ1n) is 7.19. The molecule has 1 aromatic heterocycles. The predicted molar refractivity (Wildman–Crippen MR) is 98.1 cm³/mol. The number of carbonyl (C=O) groups is 1. The Morgan fingerprint density at radius 3 is 2.33 bits per heavy atom. The van der Waals surface area contributed by atoms with E-state index in [9.17, 15) is 13.2 Å². The third-order valence-electron chi connectivity index (χ3n) is 3.76. The number of amides is 1. The van der Waals surface area contributed by atoms with Crippen molar-refractivity contribution in [2.75, 3.05) is 26.2 Å². The standard InChI is InChI=1S/C15H14BrClN2O3S2/c16-14-6-5-12(23-14)15(20)18-7-9-19(10-8-18)24(21,22)13-4-2-1-3-11(13)17/h1-6H,7-10H2. The van der Waals surface area contributed by atoms with Crippen LogP contribution in [0.15, 0.2) is 45.1 Å². The Labute approximate surface area is 158 Å². The number of carbonyl (C=O) groups excluding carboxylic acids is 1. The van der Waals surface area contributed by atoms with Crippen LogP contribution < -0.4 is 0 Å². The van der Waals surface area contributed by atoms with E-state index in [0.29, 0.717) is 18.0 Å². The highest BCUT2D eigenvalue weighted by molar-refractivity contribution is 9.11. The molecule has 1 aromatic carbocycles. The van der Waals surface area contributed by atoms with Crippen LogP contribution in [0.4, 0.5) is 0 Å². The van der Waals surface area contributed by atoms with E-state index >= 15 is 0 Å². The van der Waals surface area contributed by atoms with Gasteiger partial charge in [0.1, 0.15) is 4.90 Å². The van der Waals surface area contributed by atoms with Crippen LogP contribution in [0.3, 0.4) is 0 Å². The van der Waals surface area contributed by atoms with Crippen LogP contribution in [0.25, 0.3) is 0 Å². The van der Waals surface area contributed by atoms with Crippen molar-refractivity contribution in [3.05, 3.63) is 50.1 Å². The van der Waals surface area contributed by atoms with Crippen molar-refractivity contribution < 1.29 is 13.2 Å². The van der Waals surface area contributed by atoms with Gasteiger partial charge in [0, 0.05) is 26.2 Å². The first kappa shape index (κ1) is 17.9. The quantitative estimate of drug-likeness (QED) is 0.722. The molecule has 1 saturated heterocycles. The summed E-state index contributed by atoms with van der Waals surface area (Å²) in [7, 11) is -3.64. The molecular formula is C15H14BrClN2O3S2. The van der Waals surface area contributed by atoms with Crippen LogP contribution in [-0.4, -0.2) is 49.7 Å². The fourth-order valence-corrected chi connectivity index (χ4v) is 5.78. The molecule has 5 nitrogen and oxygen atoms in total. The Kier molecular flexibility index (Phi) is 5.31. The number of piperazine rings is 1. The van der Waals surface area contributed by atoms with Gasteiger partial charge < -0.3 is 4.90 Å². The summed E-state index contributed by atoms with van der Waals surface area (Å²) in [5, 5.41) is 0.208. The Balaban J connectivity index is 1.71. The monoisotopic (exact) mass is 448 g/mol. The Morgan fingerprint density at radius 2 is 1.75 bits per heavy atom. The SMILES string of the molecule is O=C(c1ccc(Br)s1)N1CCN(S(=O)(=O)c2ccccc2Cl)CC1. The summed E-state index contributed by atoms with van der Waals surface area (Å²) in [6.45, 7) is 1.23. The van der Waals surface area contributed by atoms with Crippen molar-refractivity contribution in [3.8, 4) is 0 Å². The second kappa shape index (κ2) is 7.13. The summed E-state index contributed by atoms with van der Waals surface area (Å²) in [4.78, 5) is 14.8. The van der Waals surface area contributed by atoms with Crippen LogP contribution in [-0.2, 0) is 10.0 Å². The normalized spacial score (nSPS) is 16.3. The molecule has 0 unspecified atom stereocenters. The third-order valence-corrected chi connectivity index (χ3v) is 7.77. The highest BCUT2D eigenvalue weighted by atomic mass is 79.9. The van der Waals surface area contributed by atoms with Gasteiger partial charge in [-0.1, -0.05) is 23.7 Å². The maximum Gasteiger partial charge on any atom is 0.264 e. The van der Waals surface area contributed by atoms with Gasteiger partial charge in [0.15, 0.2) is 0 Å². The van der Waals surface area contributed by atoms with Crippen LogP contribution in [0.1, 0.15) is 9.67 Å². The van der Waals surface area contributed by atoms with E-state index in [1.165, 1.54) is 21.7 Å². The molecule has 128 valence electrons. The number of thiophene rings is 1. The fourth-order valence-electron chi connectivity index (χ4n) is 2.51. The van der Waals surface area contributed by atoms with E-state index in [0.717, 1.165) is 3.79 Å². The summed E-state index contributed by atoms with van der Waals surface area (Å²) >= 11 is 10.7. The molecule has 0 spiro atoms. The van der Waals surface area contributed by atoms with Crippen molar-refractivity contribution in [2.24, 2.45) is 0 Å². The van der Waals surface area contributed by atoms with E-state index in [1.54, 1.807) is 29.2 Å². The van der Waals surface area contributed by atoms with Gasteiger partial charge in [-0.05, 0) is 40.2 Å². The first-order chi connectivity index (χ1) is 11.4. The Bertz CT molecular complexity index is 861. The van der Waals surface area contributed by atoms with Gasteiger partial charge in [0.25, 0.3) is 5.91 Å². The Hall–Kier alpha value is -0.930. The molecule has 1 aliphatic rings. The average molecular weight is 450 g/mol. The summed E-state index contributed by atoms with van der Waals surface area (Å²) in [5.41, 5.74) is 0. The summed E-state index contributed by atoms with van der Waals surface area (Å²) in [6, 6.07) is 9.99. The van der Waals surface area contributed by atoms with Gasteiger partial charge >= 0.3 is 0 Å². The zero-order valence-corrected chi connectivity index (χ0v) is 16.5. The molecule has 1 amide bonds. The first-order valence-corrected chi connectivity index (χ1v) is 10.6. The van der Waals surface area contributed by atoms with Crippen LogP contribution in [0, 0.1) is 0 Å². The molecule has 24 heavy (non-hydrogen) atoms. The van der Waals surface area contributed by atoms with Gasteiger partial charge in [-0.15, -0.1) is 11.3 Å². The number of sulfonamides is 1. The summed E-state index contributed by atoms with van der Waals surface area (Å²) in [5.74, 6) is -0.0690. The van der Waals surface area contributed by atoms with E-state index < -0.39 is 10.0 Å². The van der Waals surface area contributed by atoms with Crippen LogP contribution >= 0.6 is 38.9 Å². The highest BCUT2D eigenvalue weighted by Gasteiger charge is 2.31. The lowest BCUT2D eigenvalue weighted by Crippen LogP contribution is -2.50. The van der Waals surface area contributed by atoms with Gasteiger partial charge in [0.2, 0.25) is 10.0 Å². The predicted octanol–water partition coefficient (Wildman–Crippen LogP) is 3.31. The van der Waals surface area contributed by atoms with E-state index in [4.69, 9.17) is 11.6 Å². The highest BCUT2D eigenvalue weighted by Crippen LogP contribution is 2.26. The topological polar surface area (TPSA) is 57.7 Å². The van der Waals surface area contributed by atoms with Crippen molar-refractivity contribution in [1.29, 1.82) is 0 Å². The van der Waals surface area contributed by atoms with Gasteiger partial charge in [-0.2, -0.15) is 4.31 Å². The molecular weight excluding hydrogens is 436 g/mol. The molecule has 2 aromatic rings. The fraction of sp³-hybridized carbons (Fsp3) is 0.267. The lowest BCUT2D eigenvalue weighted by molar-refractivity contribution is 0.0703.